The summed E-state index contributed by atoms with van der Waals surface area (Å²) >= 11 is 34.9. The van der Waals surface area contributed by atoms with Crippen molar-refractivity contribution in [3.63, 3.8) is 0 Å². The molecule has 0 atom stereocenters. The molecule has 3 aliphatic heterocycles. The van der Waals surface area contributed by atoms with Crippen LogP contribution in [-0.2, 0) is 24.3 Å². The lowest BCUT2D eigenvalue weighted by Crippen LogP contribution is -2.38. The zero-order valence-corrected chi connectivity index (χ0v) is 67.9. The number of H-pyrrole nitrogens is 2. The van der Waals surface area contributed by atoms with E-state index in [1.807, 2.05) is 0 Å². The number of nitrogens with zero attached hydrogens (tertiary/aromatic N) is 11. The van der Waals surface area contributed by atoms with Gasteiger partial charge in [0.2, 0.25) is 23.5 Å². The van der Waals surface area contributed by atoms with Crippen LogP contribution in [0.1, 0.15) is 0 Å². The minimum absolute atomic E-state index is 0.0606. The molecule has 1 aromatic carbocycles. The second kappa shape index (κ2) is 42.5. The van der Waals surface area contributed by atoms with Crippen LogP contribution < -0.4 is 40.4 Å². The maximum atomic E-state index is 14.1. The Bertz CT molecular complexity index is 5090. The molecule has 0 amide bonds. The Morgan fingerprint density at radius 1 is 0.546 bits per heavy atom. The van der Waals surface area contributed by atoms with Gasteiger partial charge in [0, 0.05) is 155 Å². The second-order valence-electron chi connectivity index (χ2n) is 22.2. The van der Waals surface area contributed by atoms with Crippen molar-refractivity contribution >= 4 is 185 Å². The number of benzene rings is 1. The molecule has 3 fully saturated rings. The van der Waals surface area contributed by atoms with E-state index >= 15 is 0 Å². The minimum Gasteiger partial charge on any atom is -0.480 e. The van der Waals surface area contributed by atoms with Crippen molar-refractivity contribution < 1.29 is 73.5 Å². The van der Waals surface area contributed by atoms with Gasteiger partial charge in [-0.2, -0.15) is 21.6 Å². The van der Waals surface area contributed by atoms with Gasteiger partial charge in [-0.25, -0.2) is 24.3 Å². The van der Waals surface area contributed by atoms with Gasteiger partial charge < -0.3 is 58.7 Å². The van der Waals surface area contributed by atoms with Crippen LogP contribution in [-0.4, -0.2) is 221 Å². The van der Waals surface area contributed by atoms with E-state index in [2.05, 4.69) is 144 Å². The van der Waals surface area contributed by atoms with Crippen LogP contribution >= 0.6 is 114 Å². The molecule has 108 heavy (non-hydrogen) atoms. The van der Waals surface area contributed by atoms with Gasteiger partial charge in [-0.05, 0) is 116 Å². The summed E-state index contributed by atoms with van der Waals surface area (Å²) in [5.74, 6) is 1.94. The number of aliphatic hydroxyl groups is 1. The first-order valence-corrected chi connectivity index (χ1v) is 38.5. The van der Waals surface area contributed by atoms with Crippen molar-refractivity contribution in [3.05, 3.63) is 174 Å². The zero-order valence-electron chi connectivity index (χ0n) is 56.9. The zero-order chi connectivity index (χ0) is 78.1. The summed E-state index contributed by atoms with van der Waals surface area (Å²) in [5, 5.41) is 13.9. The molecule has 0 spiro atoms. The number of nitrogens with two attached hydrogens (primary N) is 1. The topological polar surface area (TPSA) is 353 Å². The number of aliphatic hydroxyl groups excluding tert-OH is 1. The van der Waals surface area contributed by atoms with Crippen LogP contribution in [0.2, 0.25) is 15.1 Å². The van der Waals surface area contributed by atoms with Crippen LogP contribution in [0.5, 0.6) is 35.0 Å². The Labute approximate surface area is 670 Å². The van der Waals surface area contributed by atoms with Crippen molar-refractivity contribution in [2.45, 2.75) is 5.51 Å². The number of aromatic nitrogens is 10. The molecule has 0 saturated carbocycles. The Morgan fingerprint density at radius 2 is 0.954 bits per heavy atom. The molecule has 3 aliphatic rings. The van der Waals surface area contributed by atoms with Crippen molar-refractivity contribution in [2.75, 3.05) is 138 Å². The van der Waals surface area contributed by atoms with Gasteiger partial charge in [0.1, 0.15) is 41.3 Å². The van der Waals surface area contributed by atoms with Crippen molar-refractivity contribution in [1.29, 1.82) is 0 Å². The van der Waals surface area contributed by atoms with Crippen LogP contribution in [0, 0.1) is 5.82 Å². The molecule has 3 saturated heterocycles. The number of pyridine rings is 10. The lowest BCUT2D eigenvalue weighted by Gasteiger charge is -2.26. The Hall–Kier alpha value is -6.96. The summed E-state index contributed by atoms with van der Waals surface area (Å²) in [4.78, 5) is 68.6. The number of hydrogen-bond acceptors (Lipinski definition) is 25. The first kappa shape index (κ1) is 86.6. The van der Waals surface area contributed by atoms with Gasteiger partial charge in [-0.15, -0.1) is 0 Å². The molecule has 10 aromatic heterocycles. The summed E-state index contributed by atoms with van der Waals surface area (Å²) in [7, 11) is -2.75. The number of rotatable bonds is 14. The summed E-state index contributed by atoms with van der Waals surface area (Å²) in [6.45, 7) is 14.2. The van der Waals surface area contributed by atoms with Crippen LogP contribution in [0.15, 0.2) is 142 Å². The van der Waals surface area contributed by atoms with E-state index < -0.39 is 21.4 Å². The minimum atomic E-state index is -5.84. The van der Waals surface area contributed by atoms with E-state index in [0.29, 0.717) is 104 Å². The summed E-state index contributed by atoms with van der Waals surface area (Å²) in [6.07, 6.45) is 16.1. The number of hydrogen-bond donors (Lipinski definition) is 5. The lowest BCUT2D eigenvalue weighted by molar-refractivity contribution is -0.0510. The fourth-order valence-corrected chi connectivity index (χ4v) is 13.0. The van der Waals surface area contributed by atoms with Crippen molar-refractivity contribution in [1.82, 2.24) is 64.5 Å². The predicted octanol–water partition coefficient (Wildman–Crippen LogP) is 13.2. The van der Waals surface area contributed by atoms with E-state index in [1.165, 1.54) is 31.5 Å². The van der Waals surface area contributed by atoms with Crippen molar-refractivity contribution in [2.24, 2.45) is 0 Å². The first-order chi connectivity index (χ1) is 51.7. The number of β-amino-alcohol motifs (C(OH)–C–C–N with tert-alkyl or cyclic N) is 1. The molecule has 0 unspecified atom stereocenters. The third-order valence-electron chi connectivity index (χ3n) is 15.2. The molecule has 0 aliphatic carbocycles. The van der Waals surface area contributed by atoms with E-state index in [-0.39, 0.29) is 23.3 Å². The third-order valence-corrected chi connectivity index (χ3v) is 20.4. The first-order valence-electron chi connectivity index (χ1n) is 31.9. The highest BCUT2D eigenvalue weighted by Gasteiger charge is 2.44. The highest BCUT2D eigenvalue weighted by atomic mass is 79.9. The molecule has 6 N–H and O–H groups in total. The Kier molecular flexibility index (Phi) is 34.1. The molecule has 11 aromatic rings. The average molecular weight is 1910 g/mol. The van der Waals surface area contributed by atoms with Gasteiger partial charge in [0.15, 0.2) is 17.0 Å². The van der Waals surface area contributed by atoms with E-state index in [0.717, 1.165) is 135 Å². The number of fused-ring (bicyclic) bond motifs is 5. The Balaban J connectivity index is 0.000000166. The largest absolute Gasteiger partial charge is 0.522 e. The number of anilines is 1. The molecular formula is C67H66Br5Cl3F4N14O14S. The standard InChI is InChI=1S/C20H20BrFN4O3.C14H15BrClN3O2.C9H6BrClN2O.C9H7BrN2O2.C8H4BrClN2O.C6H13NO2.CHF3O3S/c21-18-19-14(12-25-20(18)28-10-7-26-5-8-27-9-6-26)16(3-4-24-19)29-17-2-1-13(23)11-15(17)22;15-12-13-10(11(16)1-2-17-13)9-18-14(12)21-8-5-19-3-6-20-7-4-19;1-14-9-7(10)8-5(4-13-9)6(11)2-3-12-8;1-14-9-7(10)8-5(4-12-9)6(13)2-3-11-8;9-6-7-4(3-12-8(6)13)5(10)1-2-11-7;8-4-1-7-2-5-9-6-3-7;2-1(3,4)8(5,6)7/h1-4,11-12H,5-10,23H2;1-2,9H,3-8H2;2-4H,1H3;2-4H,1H3,(H,11,13);1-3H,(H,12,13);8H,1-6H2;(H,5,6,7). The summed E-state index contributed by atoms with van der Waals surface area (Å²) in [6, 6.07) is 12.6. The molecule has 578 valence electrons. The monoisotopic (exact) mass is 1900 g/mol. The maximum Gasteiger partial charge on any atom is 0.522 e. The SMILES string of the molecule is COc1ncc2c(=O)cc[nH]c2c1Br.COc1ncc2c(Cl)ccnc2c1Br.Clc1ccnc2c(Br)c(OCCN3CCOCC3)ncc12.Nc1ccc(Oc2ccnc3c(Br)c(OCCN4CCOCC4)ncc23)c(F)c1.O=S(=O)(O)C(F)(F)F.O=c1[nH]cc2c(Cl)ccnc2c1Br.OCCN1CCOCC1. The van der Waals surface area contributed by atoms with Gasteiger partial charge in [-0.1, -0.05) is 34.8 Å². The van der Waals surface area contributed by atoms with E-state index in [9.17, 15) is 27.2 Å². The van der Waals surface area contributed by atoms with Gasteiger partial charge in [0.05, 0.1) is 114 Å². The summed E-state index contributed by atoms with van der Waals surface area (Å²) < 4.78 is 118. The molecule has 13 heterocycles. The molecule has 41 heteroatoms. The predicted molar refractivity (Wildman–Crippen MR) is 418 cm³/mol. The molecular weight excluding hydrogens is 1840 g/mol. The number of alkyl halides is 3. The van der Waals surface area contributed by atoms with Gasteiger partial charge in [0.25, 0.3) is 5.56 Å². The molecule has 14 rings (SSSR count). The second-order valence-corrected chi connectivity index (χ2v) is 28.8. The number of nitrogens with one attached hydrogen (secondary N) is 2. The van der Waals surface area contributed by atoms with Gasteiger partial charge >= 0.3 is 15.6 Å². The Morgan fingerprint density at radius 3 is 1.42 bits per heavy atom. The quantitative estimate of drug-likeness (QED) is 0.0292. The normalized spacial score (nSPS) is 14.0. The lowest BCUT2D eigenvalue weighted by atomic mass is 10.2. The fraction of sp³-hybridized carbons (Fsp3) is 0.313. The summed E-state index contributed by atoms with van der Waals surface area (Å²) in [5.41, 5.74) is 3.54. The number of aromatic amines is 2. The number of ether oxygens (including phenoxy) is 8. The molecule has 0 radical (unpaired) electrons. The average Bonchev–Trinajstić information content (AvgIpc) is 0.875. The molecule has 28 nitrogen and oxygen atoms in total. The van der Waals surface area contributed by atoms with Crippen LogP contribution in [0.4, 0.5) is 23.2 Å². The third kappa shape index (κ3) is 24.5. The maximum absolute atomic E-state index is 14.1. The number of nitrogen functional groups attached to an aromatic ring is 1. The molecule has 0 bridgehead atoms. The van der Waals surface area contributed by atoms with E-state index in [1.54, 1.807) is 93.2 Å². The number of methoxy groups -OCH3 is 2. The fourth-order valence-electron chi connectivity index (χ4n) is 9.70. The number of halogens is 12. The van der Waals surface area contributed by atoms with E-state index in [4.69, 9.17) is 96.5 Å². The number of morpholine rings is 3. The van der Waals surface area contributed by atoms with Crippen LogP contribution in [0.3, 0.4) is 0 Å². The van der Waals surface area contributed by atoms with Crippen LogP contribution in [0.25, 0.3) is 54.5 Å². The highest BCUT2D eigenvalue weighted by molar-refractivity contribution is 9.11. The van der Waals surface area contributed by atoms with Gasteiger partial charge in [-0.3, -0.25) is 48.8 Å². The smallest absolute Gasteiger partial charge is 0.480 e. The highest BCUT2D eigenvalue weighted by Crippen LogP contribution is 2.38. The van der Waals surface area contributed by atoms with Crippen molar-refractivity contribution in [3.8, 4) is 35.0 Å².